The highest BCUT2D eigenvalue weighted by atomic mass is 16.5. The molecule has 0 N–H and O–H groups in total. The molecule has 0 amide bonds. The van der Waals surface area contributed by atoms with Crippen LogP contribution in [0, 0.1) is 13.8 Å². The van der Waals surface area contributed by atoms with Crippen molar-refractivity contribution in [3.63, 3.8) is 0 Å². The quantitative estimate of drug-likeness (QED) is 0.680. The van der Waals surface area contributed by atoms with Gasteiger partial charge in [-0.25, -0.2) is 4.79 Å². The van der Waals surface area contributed by atoms with E-state index in [1.165, 1.54) is 19.3 Å². The van der Waals surface area contributed by atoms with Crippen molar-refractivity contribution in [1.82, 2.24) is 9.55 Å². The highest BCUT2D eigenvalue weighted by Crippen LogP contribution is 2.34. The van der Waals surface area contributed by atoms with Gasteiger partial charge in [0.25, 0.3) is 0 Å². The average Bonchev–Trinajstić information content (AvgIpc) is 2.93. The van der Waals surface area contributed by atoms with Crippen molar-refractivity contribution < 1.29 is 9.15 Å². The molecule has 0 atom stereocenters. The number of methoxy groups -OCH3 is 1. The minimum Gasteiger partial charge on any atom is -0.497 e. The zero-order valence-electron chi connectivity index (χ0n) is 15.5. The highest BCUT2D eigenvalue weighted by molar-refractivity contribution is 5.82. The lowest BCUT2D eigenvalue weighted by Crippen LogP contribution is -2.15. The molecule has 3 aromatic rings. The summed E-state index contributed by atoms with van der Waals surface area (Å²) in [6.45, 7) is 4.07. The van der Waals surface area contributed by atoms with Crippen molar-refractivity contribution >= 4 is 11.0 Å². The monoisotopic (exact) mass is 352 g/mol. The van der Waals surface area contributed by atoms with Crippen LogP contribution in [0.4, 0.5) is 0 Å². The van der Waals surface area contributed by atoms with E-state index < -0.39 is 0 Å². The molecular formula is C21H24N2O3. The van der Waals surface area contributed by atoms with Gasteiger partial charge in [-0.15, -0.1) is 0 Å². The molecule has 0 aliphatic heterocycles. The van der Waals surface area contributed by atoms with Crippen molar-refractivity contribution in [3.05, 3.63) is 45.9 Å². The Morgan fingerprint density at radius 3 is 2.46 bits per heavy atom. The number of hydrogen-bond acceptors (Lipinski definition) is 4. The molecule has 136 valence electrons. The fraction of sp³-hybridized carbons (Fsp3) is 0.429. The van der Waals surface area contributed by atoms with Crippen molar-refractivity contribution in [2.24, 2.45) is 0 Å². The van der Waals surface area contributed by atoms with Gasteiger partial charge in [0.05, 0.1) is 7.11 Å². The third kappa shape index (κ3) is 2.71. The molecule has 0 bridgehead atoms. The lowest BCUT2D eigenvalue weighted by molar-refractivity contribution is 0.355. The summed E-state index contributed by atoms with van der Waals surface area (Å²) in [5.41, 5.74) is 3.33. The summed E-state index contributed by atoms with van der Waals surface area (Å²) in [6, 6.07) is 7.83. The molecule has 1 saturated carbocycles. The summed E-state index contributed by atoms with van der Waals surface area (Å²) in [6.07, 6.45) is 6.04. The molecule has 0 saturated heterocycles. The Kier molecular flexibility index (Phi) is 4.31. The van der Waals surface area contributed by atoms with Gasteiger partial charge in [0.1, 0.15) is 11.1 Å². The summed E-state index contributed by atoms with van der Waals surface area (Å²) in [4.78, 5) is 17.5. The number of aryl methyl sites for hydroxylation is 1. The van der Waals surface area contributed by atoms with Crippen LogP contribution in [-0.4, -0.2) is 16.7 Å². The van der Waals surface area contributed by atoms with E-state index in [0.717, 1.165) is 41.1 Å². The first kappa shape index (κ1) is 16.9. The predicted molar refractivity (Wildman–Crippen MR) is 102 cm³/mol. The van der Waals surface area contributed by atoms with Gasteiger partial charge in [0, 0.05) is 17.3 Å². The number of rotatable bonds is 3. The largest absolute Gasteiger partial charge is 0.497 e. The first-order valence-electron chi connectivity index (χ1n) is 9.27. The van der Waals surface area contributed by atoms with Crippen molar-refractivity contribution in [1.29, 1.82) is 0 Å². The second-order valence-corrected chi connectivity index (χ2v) is 7.11. The van der Waals surface area contributed by atoms with Crippen LogP contribution in [0.3, 0.4) is 0 Å². The molecule has 5 nitrogen and oxygen atoms in total. The van der Waals surface area contributed by atoms with E-state index >= 15 is 0 Å². The Morgan fingerprint density at radius 2 is 1.81 bits per heavy atom. The molecule has 2 heterocycles. The summed E-state index contributed by atoms with van der Waals surface area (Å²) in [5.74, 6) is 1.12. The van der Waals surface area contributed by atoms with E-state index in [-0.39, 0.29) is 5.63 Å². The molecule has 26 heavy (non-hydrogen) atoms. The smallest absolute Gasteiger partial charge is 0.349 e. The van der Waals surface area contributed by atoms with Crippen LogP contribution < -0.4 is 10.4 Å². The molecule has 1 aliphatic rings. The predicted octanol–water partition coefficient (Wildman–Crippen LogP) is 4.79. The minimum atomic E-state index is -0.309. The van der Waals surface area contributed by atoms with Gasteiger partial charge in [0.2, 0.25) is 5.89 Å². The second-order valence-electron chi connectivity index (χ2n) is 7.11. The van der Waals surface area contributed by atoms with E-state index in [1.807, 2.05) is 31.2 Å². The number of benzene rings is 1. The second kappa shape index (κ2) is 6.63. The van der Waals surface area contributed by atoms with E-state index in [9.17, 15) is 4.79 Å². The summed E-state index contributed by atoms with van der Waals surface area (Å²) in [5, 5.41) is 0.616. The van der Waals surface area contributed by atoms with Crippen molar-refractivity contribution in [2.45, 2.75) is 52.0 Å². The Bertz CT molecular complexity index is 993. The Morgan fingerprint density at radius 1 is 1.12 bits per heavy atom. The molecule has 0 radical (unpaired) electrons. The van der Waals surface area contributed by atoms with E-state index in [4.69, 9.17) is 14.1 Å². The third-order valence-corrected chi connectivity index (χ3v) is 5.61. The molecular weight excluding hydrogens is 328 g/mol. The summed E-state index contributed by atoms with van der Waals surface area (Å²) in [7, 11) is 1.63. The molecule has 1 fully saturated rings. The van der Waals surface area contributed by atoms with E-state index in [0.29, 0.717) is 17.3 Å². The van der Waals surface area contributed by atoms with Crippen LogP contribution in [0.25, 0.3) is 22.5 Å². The lowest BCUT2D eigenvalue weighted by Gasteiger charge is -2.25. The van der Waals surface area contributed by atoms with Crippen molar-refractivity contribution in [3.8, 4) is 17.2 Å². The topological polar surface area (TPSA) is 57.3 Å². The van der Waals surface area contributed by atoms with Crippen LogP contribution in [0.15, 0.2) is 33.5 Å². The average molecular weight is 352 g/mol. The molecule has 2 aromatic heterocycles. The Labute approximate surface area is 152 Å². The highest BCUT2D eigenvalue weighted by Gasteiger charge is 2.24. The number of ether oxygens (including phenoxy) is 1. The van der Waals surface area contributed by atoms with Crippen LogP contribution in [0.2, 0.25) is 0 Å². The van der Waals surface area contributed by atoms with Gasteiger partial charge in [-0.3, -0.25) is 0 Å². The van der Waals surface area contributed by atoms with Gasteiger partial charge in [-0.1, -0.05) is 19.3 Å². The van der Waals surface area contributed by atoms with Gasteiger partial charge in [-0.2, -0.15) is 4.98 Å². The number of nitrogens with zero attached hydrogens (tertiary/aromatic N) is 2. The lowest BCUT2D eigenvalue weighted by atomic mass is 9.95. The molecule has 4 rings (SSSR count). The van der Waals surface area contributed by atoms with Gasteiger partial charge in [0.15, 0.2) is 5.65 Å². The molecule has 1 aliphatic carbocycles. The van der Waals surface area contributed by atoms with Crippen LogP contribution in [-0.2, 0) is 0 Å². The Balaban J connectivity index is 1.90. The van der Waals surface area contributed by atoms with Gasteiger partial charge < -0.3 is 13.7 Å². The van der Waals surface area contributed by atoms with Crippen LogP contribution in [0.5, 0.6) is 5.75 Å². The first-order valence-corrected chi connectivity index (χ1v) is 9.27. The van der Waals surface area contributed by atoms with Gasteiger partial charge in [-0.05, 0) is 56.5 Å². The standard InChI is InChI=1S/C21H24N2O3/c1-13-14(2)23(16-7-5-4-6-8-16)19-18(13)21(24)26-20(22-19)15-9-11-17(25-3)12-10-15/h9-12,16H,4-8H2,1-3H3. The normalized spacial score (nSPS) is 15.5. The maximum Gasteiger partial charge on any atom is 0.349 e. The fourth-order valence-electron chi connectivity index (χ4n) is 4.06. The maximum atomic E-state index is 12.7. The molecule has 0 spiro atoms. The molecule has 5 heteroatoms. The summed E-state index contributed by atoms with van der Waals surface area (Å²) >= 11 is 0. The first-order chi connectivity index (χ1) is 12.6. The fourth-order valence-corrected chi connectivity index (χ4v) is 4.06. The van der Waals surface area contributed by atoms with Gasteiger partial charge >= 0.3 is 5.63 Å². The van der Waals surface area contributed by atoms with E-state index in [1.54, 1.807) is 7.11 Å². The molecule has 0 unspecified atom stereocenters. The van der Waals surface area contributed by atoms with Crippen molar-refractivity contribution in [2.75, 3.05) is 7.11 Å². The van der Waals surface area contributed by atoms with Crippen LogP contribution >= 0.6 is 0 Å². The zero-order chi connectivity index (χ0) is 18.3. The zero-order valence-corrected chi connectivity index (χ0v) is 15.5. The molecule has 1 aromatic carbocycles. The Hall–Kier alpha value is -2.56. The van der Waals surface area contributed by atoms with E-state index in [2.05, 4.69) is 11.5 Å². The number of aromatic nitrogens is 2. The van der Waals surface area contributed by atoms with Crippen LogP contribution in [0.1, 0.15) is 49.4 Å². The summed E-state index contributed by atoms with van der Waals surface area (Å²) < 4.78 is 13.0. The third-order valence-electron chi connectivity index (χ3n) is 5.61. The maximum absolute atomic E-state index is 12.7. The number of fused-ring (bicyclic) bond motifs is 1. The minimum absolute atomic E-state index is 0.309. The SMILES string of the molecule is COc1ccc(-c2nc3c(c(C)c(C)n3C3CCCCC3)c(=O)o2)cc1. The number of hydrogen-bond donors (Lipinski definition) is 0.